The fraction of sp³-hybridized carbons (Fsp3) is 0.917. The first-order valence-electron chi connectivity index (χ1n) is 6.27. The monoisotopic (exact) mass is 261 g/mol. The second-order valence-corrected chi connectivity index (χ2v) is 7.43. The van der Waals surface area contributed by atoms with E-state index >= 15 is 0 Å². The molecule has 1 fully saturated rings. The largest absolute Gasteiger partial charge is 0.298 e. The van der Waals surface area contributed by atoms with Crippen LogP contribution in [0.3, 0.4) is 0 Å². The lowest BCUT2D eigenvalue weighted by molar-refractivity contribution is -0.124. The van der Waals surface area contributed by atoms with Crippen LogP contribution in [-0.2, 0) is 14.6 Å². The fourth-order valence-electron chi connectivity index (χ4n) is 2.22. The highest BCUT2D eigenvalue weighted by molar-refractivity contribution is 7.90. The molecular weight excluding hydrogens is 238 g/mol. The van der Waals surface area contributed by atoms with Crippen LogP contribution in [0.2, 0.25) is 0 Å². The third-order valence-corrected chi connectivity index (χ3v) is 4.25. The number of sulfone groups is 1. The van der Waals surface area contributed by atoms with Crippen LogP contribution < -0.4 is 0 Å². The zero-order chi connectivity index (χ0) is 12.9. The van der Waals surface area contributed by atoms with Gasteiger partial charge in [0.15, 0.2) is 0 Å². The van der Waals surface area contributed by atoms with Crippen LogP contribution in [0, 0.1) is 5.92 Å². The molecule has 1 aliphatic carbocycles. The summed E-state index contributed by atoms with van der Waals surface area (Å²) >= 11 is 0. The molecule has 0 saturated heterocycles. The van der Waals surface area contributed by atoms with Gasteiger partial charge in [0.2, 0.25) is 0 Å². The minimum atomic E-state index is -2.93. The fourth-order valence-corrected chi connectivity index (χ4v) is 2.86. The molecule has 1 rings (SSSR count). The van der Waals surface area contributed by atoms with Crippen LogP contribution in [0.1, 0.15) is 32.1 Å². The van der Waals surface area contributed by atoms with Crippen LogP contribution in [0.25, 0.3) is 0 Å². The number of likely N-dealkylation sites (N-methyl/N-ethyl adjacent to an activating group) is 1. The van der Waals surface area contributed by atoms with Gasteiger partial charge in [0.05, 0.1) is 12.3 Å². The third kappa shape index (κ3) is 6.17. The molecule has 0 radical (unpaired) electrons. The van der Waals surface area contributed by atoms with Crippen molar-refractivity contribution in [1.82, 2.24) is 4.90 Å². The normalized spacial score (nSPS) is 18.5. The Hall–Kier alpha value is -0.420. The summed E-state index contributed by atoms with van der Waals surface area (Å²) in [4.78, 5) is 13.8. The average Bonchev–Trinajstić information content (AvgIpc) is 2.27. The maximum absolute atomic E-state index is 11.9. The average molecular weight is 261 g/mol. The van der Waals surface area contributed by atoms with Crippen LogP contribution in [-0.4, -0.2) is 51.2 Å². The van der Waals surface area contributed by atoms with Gasteiger partial charge in [-0.1, -0.05) is 19.3 Å². The van der Waals surface area contributed by atoms with Crippen molar-refractivity contribution in [2.45, 2.75) is 32.1 Å². The van der Waals surface area contributed by atoms with Crippen molar-refractivity contribution >= 4 is 15.6 Å². The van der Waals surface area contributed by atoms with E-state index in [1.165, 1.54) is 12.7 Å². The number of ketones is 1. The van der Waals surface area contributed by atoms with E-state index in [1.54, 1.807) is 0 Å². The Balaban J connectivity index is 2.29. The summed E-state index contributed by atoms with van der Waals surface area (Å²) in [6, 6.07) is 0. The highest BCUT2D eigenvalue weighted by Gasteiger charge is 2.21. The number of hydrogen-bond acceptors (Lipinski definition) is 4. The first kappa shape index (κ1) is 14.6. The third-order valence-electron chi connectivity index (χ3n) is 3.33. The molecule has 0 spiro atoms. The van der Waals surface area contributed by atoms with Crippen molar-refractivity contribution in [3.8, 4) is 0 Å². The Kier molecular flexibility index (Phi) is 5.59. The van der Waals surface area contributed by atoms with E-state index in [2.05, 4.69) is 0 Å². The van der Waals surface area contributed by atoms with Crippen molar-refractivity contribution in [2.24, 2.45) is 5.92 Å². The van der Waals surface area contributed by atoms with Gasteiger partial charge in [-0.05, 0) is 19.9 Å². The molecular formula is C12H23NO3S. The Morgan fingerprint density at radius 2 is 1.82 bits per heavy atom. The molecule has 0 aromatic carbocycles. The van der Waals surface area contributed by atoms with Gasteiger partial charge in [0.1, 0.15) is 15.6 Å². The molecule has 0 aromatic rings. The van der Waals surface area contributed by atoms with Gasteiger partial charge in [-0.2, -0.15) is 0 Å². The standard InChI is InChI=1S/C12H23NO3S/c1-13(8-9-17(2,15)16)10-12(14)11-6-4-3-5-7-11/h11H,3-10H2,1-2H3. The van der Waals surface area contributed by atoms with Crippen LogP contribution >= 0.6 is 0 Å². The zero-order valence-corrected chi connectivity index (χ0v) is 11.6. The zero-order valence-electron chi connectivity index (χ0n) is 10.8. The molecule has 0 aromatic heterocycles. The van der Waals surface area contributed by atoms with Gasteiger partial charge in [0, 0.05) is 18.7 Å². The molecule has 0 N–H and O–H groups in total. The minimum absolute atomic E-state index is 0.126. The summed E-state index contributed by atoms with van der Waals surface area (Å²) in [6.45, 7) is 0.831. The number of carbonyl (C=O) groups is 1. The van der Waals surface area contributed by atoms with Crippen LogP contribution in [0.15, 0.2) is 0 Å². The molecule has 4 nitrogen and oxygen atoms in total. The second-order valence-electron chi connectivity index (χ2n) is 5.17. The summed E-state index contributed by atoms with van der Waals surface area (Å²) in [5.41, 5.74) is 0. The lowest BCUT2D eigenvalue weighted by atomic mass is 9.86. The van der Waals surface area contributed by atoms with Gasteiger partial charge in [0.25, 0.3) is 0 Å². The van der Waals surface area contributed by atoms with Crippen molar-refractivity contribution in [3.63, 3.8) is 0 Å². The van der Waals surface area contributed by atoms with Crippen molar-refractivity contribution < 1.29 is 13.2 Å². The van der Waals surface area contributed by atoms with E-state index in [9.17, 15) is 13.2 Å². The van der Waals surface area contributed by atoms with E-state index in [-0.39, 0.29) is 17.5 Å². The van der Waals surface area contributed by atoms with Crippen molar-refractivity contribution in [2.75, 3.05) is 32.1 Å². The van der Waals surface area contributed by atoms with Crippen molar-refractivity contribution in [3.05, 3.63) is 0 Å². The summed E-state index contributed by atoms with van der Waals surface area (Å²) in [5.74, 6) is 0.617. The van der Waals surface area contributed by atoms with E-state index in [4.69, 9.17) is 0 Å². The first-order chi connectivity index (χ1) is 7.88. The summed E-state index contributed by atoms with van der Waals surface area (Å²) in [5, 5.41) is 0. The first-order valence-corrected chi connectivity index (χ1v) is 8.33. The minimum Gasteiger partial charge on any atom is -0.298 e. The summed E-state index contributed by atoms with van der Waals surface area (Å²) in [7, 11) is -1.12. The number of carbonyl (C=O) groups excluding carboxylic acids is 1. The molecule has 100 valence electrons. The molecule has 1 saturated carbocycles. The summed E-state index contributed by atoms with van der Waals surface area (Å²) in [6.07, 6.45) is 6.81. The smallest absolute Gasteiger partial charge is 0.149 e. The van der Waals surface area contributed by atoms with E-state index in [1.807, 2.05) is 11.9 Å². The molecule has 17 heavy (non-hydrogen) atoms. The van der Waals surface area contributed by atoms with Gasteiger partial charge >= 0.3 is 0 Å². The highest BCUT2D eigenvalue weighted by Crippen LogP contribution is 2.24. The number of nitrogens with zero attached hydrogens (tertiary/aromatic N) is 1. The lowest BCUT2D eigenvalue weighted by Gasteiger charge is -2.23. The Morgan fingerprint density at radius 1 is 1.24 bits per heavy atom. The van der Waals surface area contributed by atoms with Gasteiger partial charge in [-0.3, -0.25) is 9.69 Å². The molecule has 0 amide bonds. The molecule has 0 heterocycles. The Bertz CT molecular complexity index is 345. The number of Topliss-reactive ketones (excluding diaryl/α,β-unsaturated/α-hetero) is 1. The maximum Gasteiger partial charge on any atom is 0.149 e. The molecule has 5 heteroatoms. The highest BCUT2D eigenvalue weighted by atomic mass is 32.2. The molecule has 0 atom stereocenters. The maximum atomic E-state index is 11.9. The van der Waals surface area contributed by atoms with E-state index in [0.717, 1.165) is 25.7 Å². The predicted molar refractivity (Wildman–Crippen MR) is 68.8 cm³/mol. The van der Waals surface area contributed by atoms with Crippen LogP contribution in [0.5, 0.6) is 0 Å². The molecule has 0 unspecified atom stereocenters. The topological polar surface area (TPSA) is 54.5 Å². The van der Waals surface area contributed by atoms with Gasteiger partial charge < -0.3 is 0 Å². The van der Waals surface area contributed by atoms with Crippen molar-refractivity contribution in [1.29, 1.82) is 0 Å². The number of hydrogen-bond donors (Lipinski definition) is 0. The Morgan fingerprint density at radius 3 is 2.35 bits per heavy atom. The van der Waals surface area contributed by atoms with Crippen LogP contribution in [0.4, 0.5) is 0 Å². The SMILES string of the molecule is CN(CCS(C)(=O)=O)CC(=O)C1CCCCC1. The number of rotatable bonds is 6. The summed E-state index contributed by atoms with van der Waals surface area (Å²) < 4.78 is 22.0. The van der Waals surface area contributed by atoms with Gasteiger partial charge in [-0.25, -0.2) is 8.42 Å². The molecule has 0 bridgehead atoms. The second kappa shape index (κ2) is 6.50. The molecule has 0 aliphatic heterocycles. The Labute approximate surface area is 104 Å². The van der Waals surface area contributed by atoms with Gasteiger partial charge in [-0.15, -0.1) is 0 Å². The van der Waals surface area contributed by atoms with E-state index in [0.29, 0.717) is 13.1 Å². The quantitative estimate of drug-likeness (QED) is 0.719. The van der Waals surface area contributed by atoms with E-state index < -0.39 is 9.84 Å². The molecule has 1 aliphatic rings. The predicted octanol–water partition coefficient (Wildman–Crippen LogP) is 1.11. The lowest BCUT2D eigenvalue weighted by Crippen LogP contribution is -2.34.